The molecule has 5 nitrogen and oxygen atoms in total. The molecular weight excluding hydrogens is 408 g/mol. The van der Waals surface area contributed by atoms with Crippen molar-refractivity contribution in [1.29, 1.82) is 0 Å². The Morgan fingerprint density at radius 1 is 1.30 bits per heavy atom. The van der Waals surface area contributed by atoms with Crippen LogP contribution in [0.2, 0.25) is 0 Å². The highest BCUT2D eigenvalue weighted by Crippen LogP contribution is 2.64. The number of benzene rings is 1. The van der Waals surface area contributed by atoms with Gasteiger partial charge in [0.05, 0.1) is 11.7 Å². The van der Waals surface area contributed by atoms with Gasteiger partial charge in [-0.2, -0.15) is 0 Å². The summed E-state index contributed by atoms with van der Waals surface area (Å²) in [6.45, 7) is 1.99. The molecule has 5 aliphatic rings. The fourth-order valence-corrected chi connectivity index (χ4v) is 7.08. The predicted molar refractivity (Wildman–Crippen MR) is 105 cm³/mol. The number of hydrogen-bond acceptors (Lipinski definition) is 4. The molecule has 1 aromatic carbocycles. The first kappa shape index (κ1) is 16.2. The van der Waals surface area contributed by atoms with Crippen molar-refractivity contribution in [3.63, 3.8) is 0 Å². The third-order valence-corrected chi connectivity index (χ3v) is 7.90. The average molecular weight is 429 g/mol. The predicted octanol–water partition coefficient (Wildman–Crippen LogP) is 2.81. The number of nitrogens with zero attached hydrogens (tertiary/aromatic N) is 2. The lowest BCUT2D eigenvalue weighted by Gasteiger charge is -2.54. The van der Waals surface area contributed by atoms with Crippen molar-refractivity contribution >= 4 is 27.5 Å². The number of halogens is 1. The second-order valence-electron chi connectivity index (χ2n) is 8.43. The lowest BCUT2D eigenvalue weighted by molar-refractivity contribution is -0.118. The Labute approximate surface area is 166 Å². The van der Waals surface area contributed by atoms with Crippen LogP contribution in [-0.2, 0) is 10.2 Å². The number of phenolic OH excluding ortho intramolecular Hbond substituents is 2. The second-order valence-corrected chi connectivity index (χ2v) is 9.08. The number of rotatable bonds is 1. The Hall–Kier alpha value is -1.79. The summed E-state index contributed by atoms with van der Waals surface area (Å²) in [6.07, 6.45) is 6.94. The first-order valence-corrected chi connectivity index (χ1v) is 10.8. The van der Waals surface area contributed by atoms with Crippen molar-refractivity contribution in [3.05, 3.63) is 41.0 Å². The van der Waals surface area contributed by atoms with Gasteiger partial charge in [0, 0.05) is 41.7 Å². The molecule has 6 heteroatoms. The number of anilines is 1. The molecular formula is C21H21BrN2O3. The van der Waals surface area contributed by atoms with Crippen LogP contribution in [0.25, 0.3) is 0 Å². The molecule has 1 aliphatic carbocycles. The van der Waals surface area contributed by atoms with Crippen molar-refractivity contribution in [2.24, 2.45) is 5.92 Å². The summed E-state index contributed by atoms with van der Waals surface area (Å²) in [7, 11) is 0. The number of fused-ring (bicyclic) bond motifs is 4. The molecule has 27 heavy (non-hydrogen) atoms. The van der Waals surface area contributed by atoms with E-state index >= 15 is 0 Å². The van der Waals surface area contributed by atoms with Crippen molar-refractivity contribution in [3.8, 4) is 11.5 Å². The SMILES string of the molecule is O=C1CC=C2[C@@H]3C[C@H]4N(CC[C@]45c4cc(O)c(O)cc4N1[C@H]25)C/C3=C/CBr. The molecule has 4 heterocycles. The van der Waals surface area contributed by atoms with Gasteiger partial charge in [-0.05, 0) is 36.6 Å². The number of alkyl halides is 1. The summed E-state index contributed by atoms with van der Waals surface area (Å²) in [5.41, 5.74) is 4.50. The highest BCUT2D eigenvalue weighted by atomic mass is 79.9. The molecule has 0 radical (unpaired) electrons. The van der Waals surface area contributed by atoms with E-state index in [1.54, 1.807) is 12.1 Å². The van der Waals surface area contributed by atoms with Crippen LogP contribution >= 0.6 is 15.9 Å². The van der Waals surface area contributed by atoms with E-state index in [2.05, 4.69) is 33.0 Å². The van der Waals surface area contributed by atoms with Gasteiger partial charge < -0.3 is 15.1 Å². The maximum atomic E-state index is 13.0. The fraction of sp³-hybridized carbons (Fsp3) is 0.476. The Balaban J connectivity index is 1.64. The molecule has 2 saturated heterocycles. The summed E-state index contributed by atoms with van der Waals surface area (Å²) in [4.78, 5) is 17.5. The van der Waals surface area contributed by atoms with E-state index in [9.17, 15) is 15.0 Å². The number of phenols is 2. The summed E-state index contributed by atoms with van der Waals surface area (Å²) in [5, 5.41) is 21.2. The van der Waals surface area contributed by atoms with E-state index in [4.69, 9.17) is 0 Å². The van der Waals surface area contributed by atoms with Gasteiger partial charge in [-0.3, -0.25) is 9.69 Å². The summed E-state index contributed by atoms with van der Waals surface area (Å²) in [5.74, 6) is 0.256. The van der Waals surface area contributed by atoms with Gasteiger partial charge in [-0.15, -0.1) is 0 Å². The largest absolute Gasteiger partial charge is 0.504 e. The van der Waals surface area contributed by atoms with Crippen LogP contribution in [0.3, 0.4) is 0 Å². The lowest BCUT2D eigenvalue weighted by Crippen LogP contribution is -2.62. The number of aromatic hydroxyl groups is 2. The van der Waals surface area contributed by atoms with Crippen LogP contribution < -0.4 is 4.90 Å². The van der Waals surface area contributed by atoms with Crippen molar-refractivity contribution < 1.29 is 15.0 Å². The van der Waals surface area contributed by atoms with Gasteiger partial charge in [0.15, 0.2) is 11.5 Å². The third-order valence-electron chi connectivity index (χ3n) is 7.58. The maximum Gasteiger partial charge on any atom is 0.231 e. The Morgan fingerprint density at radius 3 is 2.93 bits per heavy atom. The average Bonchev–Trinajstić information content (AvgIpc) is 3.17. The number of amides is 1. The zero-order valence-corrected chi connectivity index (χ0v) is 16.4. The maximum absolute atomic E-state index is 13.0. The summed E-state index contributed by atoms with van der Waals surface area (Å²) >= 11 is 3.56. The number of carbonyl (C=O) groups excluding carboxylic acids is 1. The number of hydrogen-bond donors (Lipinski definition) is 2. The highest BCUT2D eigenvalue weighted by Gasteiger charge is 2.67. The molecule has 1 amide bonds. The lowest BCUT2D eigenvalue weighted by atomic mass is 9.57. The molecule has 4 atom stereocenters. The Kier molecular flexibility index (Phi) is 3.10. The van der Waals surface area contributed by atoms with E-state index in [0.717, 1.165) is 42.5 Å². The van der Waals surface area contributed by atoms with Gasteiger partial charge in [0.2, 0.25) is 5.91 Å². The summed E-state index contributed by atoms with van der Waals surface area (Å²) < 4.78 is 0. The fourth-order valence-electron chi connectivity index (χ4n) is 6.66. The molecule has 2 bridgehead atoms. The Morgan fingerprint density at radius 2 is 2.11 bits per heavy atom. The normalized spacial score (nSPS) is 37.4. The molecule has 1 saturated carbocycles. The molecule has 6 rings (SSSR count). The van der Waals surface area contributed by atoms with Crippen LogP contribution in [0.15, 0.2) is 35.4 Å². The zero-order chi connectivity index (χ0) is 18.5. The second kappa shape index (κ2) is 5.17. The molecule has 1 spiro atoms. The third kappa shape index (κ3) is 1.77. The topological polar surface area (TPSA) is 64.0 Å². The number of allylic oxidation sites excluding steroid dienone is 1. The standard InChI is InChI=1S/C21H21BrN2O3/c22-5-3-11-10-23-6-4-21-14-8-16(25)17(26)9-15(14)24-19(27)2-1-12(20(21)24)13(11)7-18(21)23/h1,3,8-9,13,18,20,25-26H,2,4-7,10H2/b11-3-/t13-,18-,20-,21+/m1/s1. The van der Waals surface area contributed by atoms with E-state index < -0.39 is 0 Å². The van der Waals surface area contributed by atoms with Gasteiger partial charge in [-0.1, -0.05) is 33.7 Å². The molecule has 0 aromatic heterocycles. The molecule has 0 unspecified atom stereocenters. The van der Waals surface area contributed by atoms with Crippen LogP contribution in [-0.4, -0.2) is 51.5 Å². The van der Waals surface area contributed by atoms with Crippen molar-refractivity contribution in [2.45, 2.75) is 36.8 Å². The van der Waals surface area contributed by atoms with Gasteiger partial charge >= 0.3 is 0 Å². The molecule has 2 N–H and O–H groups in total. The number of piperidine rings is 1. The minimum atomic E-state index is -0.168. The molecule has 3 fully saturated rings. The van der Waals surface area contributed by atoms with Gasteiger partial charge in [0.25, 0.3) is 0 Å². The Bertz CT molecular complexity index is 955. The first-order valence-electron chi connectivity index (χ1n) is 9.63. The van der Waals surface area contributed by atoms with E-state index in [-0.39, 0.29) is 28.9 Å². The smallest absolute Gasteiger partial charge is 0.231 e. The number of carbonyl (C=O) groups is 1. The minimum absolute atomic E-state index is 0.0164. The van der Waals surface area contributed by atoms with Crippen molar-refractivity contribution in [2.75, 3.05) is 23.3 Å². The van der Waals surface area contributed by atoms with Crippen LogP contribution in [0.1, 0.15) is 24.8 Å². The van der Waals surface area contributed by atoms with E-state index in [0.29, 0.717) is 18.4 Å². The van der Waals surface area contributed by atoms with Crippen LogP contribution in [0.4, 0.5) is 5.69 Å². The monoisotopic (exact) mass is 428 g/mol. The molecule has 4 aliphatic heterocycles. The molecule has 140 valence electrons. The summed E-state index contributed by atoms with van der Waals surface area (Å²) in [6, 6.07) is 3.71. The first-order chi connectivity index (χ1) is 13.1. The van der Waals surface area contributed by atoms with Gasteiger partial charge in [-0.25, -0.2) is 0 Å². The highest BCUT2D eigenvalue weighted by molar-refractivity contribution is 9.09. The van der Waals surface area contributed by atoms with Crippen molar-refractivity contribution in [1.82, 2.24) is 4.90 Å². The van der Waals surface area contributed by atoms with Crippen LogP contribution in [0, 0.1) is 5.92 Å². The van der Waals surface area contributed by atoms with Gasteiger partial charge in [0.1, 0.15) is 0 Å². The van der Waals surface area contributed by atoms with Crippen LogP contribution in [0.5, 0.6) is 11.5 Å². The quantitative estimate of drug-likeness (QED) is 0.410. The zero-order valence-electron chi connectivity index (χ0n) is 14.9. The molecule has 1 aromatic rings. The van der Waals surface area contributed by atoms with E-state index in [1.165, 1.54) is 11.1 Å². The van der Waals surface area contributed by atoms with E-state index in [1.807, 2.05) is 4.90 Å². The minimum Gasteiger partial charge on any atom is -0.504 e.